The van der Waals surface area contributed by atoms with Crippen molar-refractivity contribution in [1.29, 1.82) is 0 Å². The highest BCUT2D eigenvalue weighted by molar-refractivity contribution is 7.99. The summed E-state index contributed by atoms with van der Waals surface area (Å²) in [6, 6.07) is 0. The Morgan fingerprint density at radius 3 is 2.64 bits per heavy atom. The van der Waals surface area contributed by atoms with E-state index in [1.807, 2.05) is 18.7 Å². The van der Waals surface area contributed by atoms with E-state index in [1.54, 1.807) is 0 Å². The summed E-state index contributed by atoms with van der Waals surface area (Å²) in [5, 5.41) is 20.0. The Morgan fingerprint density at radius 1 is 1.50 bits per heavy atom. The van der Waals surface area contributed by atoms with Gasteiger partial charge in [-0.15, -0.1) is 0 Å². The van der Waals surface area contributed by atoms with Crippen molar-refractivity contribution in [3.05, 3.63) is 0 Å². The lowest BCUT2D eigenvalue weighted by atomic mass is 9.69. The molecule has 0 radical (unpaired) electrons. The van der Waals surface area contributed by atoms with Gasteiger partial charge in [0.2, 0.25) is 0 Å². The molecule has 0 bridgehead atoms. The molecule has 14 heavy (non-hydrogen) atoms. The van der Waals surface area contributed by atoms with Gasteiger partial charge in [0.25, 0.3) is 0 Å². The van der Waals surface area contributed by atoms with E-state index in [-0.39, 0.29) is 12.0 Å². The molecule has 2 unspecified atom stereocenters. The lowest BCUT2D eigenvalue weighted by Crippen LogP contribution is -2.52. The number of hydrogen-bond donors (Lipinski definition) is 2. The molecule has 3 heteroatoms. The second kappa shape index (κ2) is 4.86. The van der Waals surface area contributed by atoms with Crippen LogP contribution < -0.4 is 0 Å². The fourth-order valence-electron chi connectivity index (χ4n) is 2.27. The van der Waals surface area contributed by atoms with E-state index >= 15 is 0 Å². The van der Waals surface area contributed by atoms with Gasteiger partial charge in [-0.3, -0.25) is 0 Å². The molecule has 1 saturated heterocycles. The minimum Gasteiger partial charge on any atom is -0.396 e. The molecule has 1 aliphatic rings. The first-order chi connectivity index (χ1) is 6.58. The molecule has 0 aromatic heterocycles. The van der Waals surface area contributed by atoms with Crippen LogP contribution in [0.25, 0.3) is 0 Å². The smallest absolute Gasteiger partial charge is 0.0813 e. The molecule has 0 aliphatic carbocycles. The van der Waals surface area contributed by atoms with Crippen molar-refractivity contribution in [1.82, 2.24) is 0 Å². The summed E-state index contributed by atoms with van der Waals surface area (Å²) in [6.45, 7) is 4.22. The van der Waals surface area contributed by atoms with Crippen LogP contribution in [-0.4, -0.2) is 33.9 Å². The van der Waals surface area contributed by atoms with Crippen LogP contribution in [-0.2, 0) is 0 Å². The van der Waals surface area contributed by atoms with Crippen molar-refractivity contribution < 1.29 is 10.2 Å². The molecule has 0 aromatic rings. The summed E-state index contributed by atoms with van der Waals surface area (Å²) in [6.07, 6.45) is 3.84. The highest BCUT2D eigenvalue weighted by Gasteiger charge is 2.46. The minimum absolute atomic E-state index is 0.0951. The first-order valence-corrected chi connectivity index (χ1v) is 6.64. The molecule has 0 spiro atoms. The Labute approximate surface area is 91.1 Å². The van der Waals surface area contributed by atoms with E-state index in [9.17, 15) is 10.2 Å². The van der Waals surface area contributed by atoms with E-state index in [4.69, 9.17) is 0 Å². The highest BCUT2D eigenvalue weighted by atomic mass is 32.2. The summed E-state index contributed by atoms with van der Waals surface area (Å²) < 4.78 is 0. The number of aliphatic hydroxyl groups excluding tert-OH is 1. The fourth-order valence-corrected chi connectivity index (χ4v) is 3.59. The van der Waals surface area contributed by atoms with Gasteiger partial charge in [0, 0.05) is 11.2 Å². The van der Waals surface area contributed by atoms with Gasteiger partial charge in [0.05, 0.1) is 12.2 Å². The topological polar surface area (TPSA) is 40.5 Å². The fraction of sp³-hybridized carbons (Fsp3) is 1.00. The van der Waals surface area contributed by atoms with Gasteiger partial charge in [0.15, 0.2) is 0 Å². The zero-order chi connectivity index (χ0) is 10.7. The van der Waals surface area contributed by atoms with E-state index in [2.05, 4.69) is 6.92 Å². The van der Waals surface area contributed by atoms with Gasteiger partial charge in [-0.1, -0.05) is 20.3 Å². The van der Waals surface area contributed by atoms with E-state index < -0.39 is 5.60 Å². The quantitative estimate of drug-likeness (QED) is 0.758. The van der Waals surface area contributed by atoms with Gasteiger partial charge >= 0.3 is 0 Å². The molecular formula is C11H22O2S. The maximum absolute atomic E-state index is 10.5. The first kappa shape index (κ1) is 12.3. The average Bonchev–Trinajstić information content (AvgIpc) is 2.19. The molecular weight excluding hydrogens is 196 g/mol. The Kier molecular flexibility index (Phi) is 4.29. The summed E-state index contributed by atoms with van der Waals surface area (Å²) in [4.78, 5) is 0. The lowest BCUT2D eigenvalue weighted by molar-refractivity contribution is -0.0950. The molecule has 0 amide bonds. The lowest BCUT2D eigenvalue weighted by Gasteiger charge is -2.46. The van der Waals surface area contributed by atoms with Crippen molar-refractivity contribution in [2.24, 2.45) is 5.41 Å². The van der Waals surface area contributed by atoms with Crippen molar-refractivity contribution in [2.75, 3.05) is 18.1 Å². The van der Waals surface area contributed by atoms with Gasteiger partial charge in [-0.05, 0) is 25.0 Å². The van der Waals surface area contributed by atoms with Crippen molar-refractivity contribution in [3.63, 3.8) is 0 Å². The normalized spacial score (nSPS) is 32.6. The average molecular weight is 218 g/mol. The number of rotatable bonds is 4. The minimum atomic E-state index is -0.652. The third-order valence-electron chi connectivity index (χ3n) is 3.49. The summed E-state index contributed by atoms with van der Waals surface area (Å²) in [5.74, 6) is 1.93. The van der Waals surface area contributed by atoms with Crippen LogP contribution in [0.2, 0.25) is 0 Å². The van der Waals surface area contributed by atoms with Crippen LogP contribution in [0, 0.1) is 5.41 Å². The predicted octanol–water partition coefficient (Wildman–Crippen LogP) is 2.04. The third kappa shape index (κ3) is 2.26. The molecule has 1 aliphatic heterocycles. The summed E-state index contributed by atoms with van der Waals surface area (Å²) >= 11 is 1.81. The Balaban J connectivity index is 2.73. The Hall–Kier alpha value is 0.270. The second-order valence-corrected chi connectivity index (χ2v) is 5.76. The molecule has 0 saturated carbocycles. The van der Waals surface area contributed by atoms with Crippen LogP contribution in [0.5, 0.6) is 0 Å². The summed E-state index contributed by atoms with van der Waals surface area (Å²) in [5.41, 5.74) is -0.962. The third-order valence-corrected chi connectivity index (χ3v) is 4.75. The monoisotopic (exact) mass is 218 g/mol. The van der Waals surface area contributed by atoms with Crippen LogP contribution in [0.4, 0.5) is 0 Å². The van der Waals surface area contributed by atoms with Crippen molar-refractivity contribution in [2.45, 2.75) is 45.1 Å². The SMILES string of the molecule is CCCC(C)(CO)C1(O)CCCSC1. The maximum Gasteiger partial charge on any atom is 0.0813 e. The van der Waals surface area contributed by atoms with Gasteiger partial charge < -0.3 is 10.2 Å². The number of thioether (sulfide) groups is 1. The van der Waals surface area contributed by atoms with Crippen molar-refractivity contribution >= 4 is 11.8 Å². The standard InChI is InChI=1S/C11H22O2S/c1-3-5-10(2,8-12)11(13)6-4-7-14-9-11/h12-13H,3-9H2,1-2H3. The van der Waals surface area contributed by atoms with Crippen LogP contribution in [0.15, 0.2) is 0 Å². The zero-order valence-corrected chi connectivity index (χ0v) is 10.1. The molecule has 2 nitrogen and oxygen atoms in total. The van der Waals surface area contributed by atoms with Gasteiger partial charge in [-0.25, -0.2) is 0 Å². The maximum atomic E-state index is 10.5. The van der Waals surface area contributed by atoms with Crippen LogP contribution >= 0.6 is 11.8 Å². The molecule has 2 N–H and O–H groups in total. The molecule has 2 atom stereocenters. The molecule has 1 heterocycles. The van der Waals surface area contributed by atoms with Crippen molar-refractivity contribution in [3.8, 4) is 0 Å². The summed E-state index contributed by atoms with van der Waals surface area (Å²) in [7, 11) is 0. The Bertz CT molecular complexity index is 171. The van der Waals surface area contributed by atoms with Crippen LogP contribution in [0.1, 0.15) is 39.5 Å². The second-order valence-electron chi connectivity index (χ2n) is 4.66. The Morgan fingerprint density at radius 2 is 2.21 bits per heavy atom. The van der Waals surface area contributed by atoms with E-state index in [0.29, 0.717) is 0 Å². The molecule has 1 rings (SSSR count). The zero-order valence-electron chi connectivity index (χ0n) is 9.25. The molecule has 0 aromatic carbocycles. The predicted molar refractivity (Wildman–Crippen MR) is 61.6 cm³/mol. The first-order valence-electron chi connectivity index (χ1n) is 5.49. The largest absolute Gasteiger partial charge is 0.396 e. The van der Waals surface area contributed by atoms with Gasteiger partial charge in [-0.2, -0.15) is 11.8 Å². The van der Waals surface area contributed by atoms with Gasteiger partial charge in [0.1, 0.15) is 0 Å². The van der Waals surface area contributed by atoms with Crippen LogP contribution in [0.3, 0.4) is 0 Å². The number of aliphatic hydroxyl groups is 2. The molecule has 84 valence electrons. The number of hydrogen-bond acceptors (Lipinski definition) is 3. The van der Waals surface area contributed by atoms with E-state index in [1.165, 1.54) is 0 Å². The highest BCUT2D eigenvalue weighted by Crippen LogP contribution is 2.43. The van der Waals surface area contributed by atoms with E-state index in [0.717, 1.165) is 37.2 Å². The molecule has 1 fully saturated rings.